The van der Waals surface area contributed by atoms with Crippen molar-refractivity contribution < 1.29 is 0 Å². The van der Waals surface area contributed by atoms with Gasteiger partial charge in [0.1, 0.15) is 0 Å². The number of rotatable bonds is 4. The molecule has 1 atom stereocenters. The molecule has 1 aromatic rings. The van der Waals surface area contributed by atoms with E-state index in [4.69, 9.17) is 5.73 Å². The summed E-state index contributed by atoms with van der Waals surface area (Å²) in [5, 5.41) is 2.12. The Balaban J connectivity index is 2.52. The van der Waals surface area contributed by atoms with Crippen LogP contribution < -0.4 is 5.73 Å². The maximum atomic E-state index is 6.04. The molecule has 12 heavy (non-hydrogen) atoms. The lowest BCUT2D eigenvalue weighted by atomic mass is 10.1. The van der Waals surface area contributed by atoms with E-state index in [1.807, 2.05) is 0 Å². The maximum Gasteiger partial charge on any atom is 0.0392 e. The van der Waals surface area contributed by atoms with E-state index >= 15 is 0 Å². The summed E-state index contributed by atoms with van der Waals surface area (Å²) < 4.78 is 0. The smallest absolute Gasteiger partial charge is 0.0392 e. The molecule has 2 N–H and O–H groups in total. The Morgan fingerprint density at radius 1 is 1.58 bits per heavy atom. The molecule has 0 fully saturated rings. The fourth-order valence-electron chi connectivity index (χ4n) is 1.32. The number of unbranched alkanes of at least 4 members (excludes halogenated alkanes) is 1. The summed E-state index contributed by atoms with van der Waals surface area (Å²) in [7, 11) is 0. The Morgan fingerprint density at radius 2 is 2.33 bits per heavy atom. The zero-order valence-corrected chi connectivity index (χ0v) is 8.66. The SMILES string of the molecule is CCCC[C@@H](N)c1sccc1C. The van der Waals surface area contributed by atoms with Gasteiger partial charge in [-0.05, 0) is 30.4 Å². The van der Waals surface area contributed by atoms with Crippen molar-refractivity contribution in [2.24, 2.45) is 5.73 Å². The normalized spacial score (nSPS) is 13.2. The van der Waals surface area contributed by atoms with E-state index in [-0.39, 0.29) is 6.04 Å². The molecule has 0 aliphatic carbocycles. The van der Waals surface area contributed by atoms with Crippen LogP contribution in [0.5, 0.6) is 0 Å². The van der Waals surface area contributed by atoms with E-state index in [1.165, 1.54) is 23.3 Å². The third kappa shape index (κ3) is 2.32. The minimum Gasteiger partial charge on any atom is -0.323 e. The molecular formula is C10H17NS. The highest BCUT2D eigenvalue weighted by Gasteiger charge is 2.08. The number of thiophene rings is 1. The van der Waals surface area contributed by atoms with Crippen LogP contribution in [0.15, 0.2) is 11.4 Å². The standard InChI is InChI=1S/C10H17NS/c1-3-4-5-9(11)10-8(2)6-7-12-10/h6-7,9H,3-5,11H2,1-2H3/t9-/m1/s1. The summed E-state index contributed by atoms with van der Waals surface area (Å²) in [5.41, 5.74) is 7.39. The molecular weight excluding hydrogens is 166 g/mol. The first-order valence-electron chi connectivity index (χ1n) is 4.55. The van der Waals surface area contributed by atoms with Crippen molar-refractivity contribution in [1.29, 1.82) is 0 Å². The molecule has 0 radical (unpaired) electrons. The van der Waals surface area contributed by atoms with Crippen molar-refractivity contribution in [2.75, 3.05) is 0 Å². The van der Waals surface area contributed by atoms with E-state index in [2.05, 4.69) is 25.3 Å². The topological polar surface area (TPSA) is 26.0 Å². The van der Waals surface area contributed by atoms with Gasteiger partial charge in [0.25, 0.3) is 0 Å². The minimum absolute atomic E-state index is 0.268. The Morgan fingerprint density at radius 3 is 2.83 bits per heavy atom. The highest BCUT2D eigenvalue weighted by atomic mass is 32.1. The van der Waals surface area contributed by atoms with Crippen LogP contribution in [0.3, 0.4) is 0 Å². The summed E-state index contributed by atoms with van der Waals surface area (Å²) in [5.74, 6) is 0. The molecule has 68 valence electrons. The predicted octanol–water partition coefficient (Wildman–Crippen LogP) is 3.25. The quantitative estimate of drug-likeness (QED) is 0.762. The molecule has 0 aliphatic heterocycles. The Hall–Kier alpha value is -0.340. The van der Waals surface area contributed by atoms with Crippen molar-refractivity contribution in [1.82, 2.24) is 0 Å². The number of hydrogen-bond donors (Lipinski definition) is 1. The monoisotopic (exact) mass is 183 g/mol. The third-order valence-electron chi connectivity index (χ3n) is 2.11. The second kappa shape index (κ2) is 4.63. The van der Waals surface area contributed by atoms with Crippen molar-refractivity contribution in [3.8, 4) is 0 Å². The fourth-order valence-corrected chi connectivity index (χ4v) is 2.28. The largest absolute Gasteiger partial charge is 0.323 e. The van der Waals surface area contributed by atoms with Crippen LogP contribution in [-0.2, 0) is 0 Å². The molecule has 0 amide bonds. The first-order valence-corrected chi connectivity index (χ1v) is 5.43. The van der Waals surface area contributed by atoms with Crippen molar-refractivity contribution in [3.63, 3.8) is 0 Å². The molecule has 1 heterocycles. The molecule has 0 saturated heterocycles. The van der Waals surface area contributed by atoms with E-state index in [1.54, 1.807) is 11.3 Å². The van der Waals surface area contributed by atoms with Crippen molar-refractivity contribution in [2.45, 2.75) is 39.2 Å². The fraction of sp³-hybridized carbons (Fsp3) is 0.600. The molecule has 1 rings (SSSR count). The number of aryl methyl sites for hydroxylation is 1. The van der Waals surface area contributed by atoms with E-state index in [9.17, 15) is 0 Å². The minimum atomic E-state index is 0.268. The van der Waals surface area contributed by atoms with Crippen LogP contribution in [0, 0.1) is 6.92 Å². The van der Waals surface area contributed by atoms with Crippen LogP contribution in [0.4, 0.5) is 0 Å². The number of hydrogen-bond acceptors (Lipinski definition) is 2. The summed E-state index contributed by atoms with van der Waals surface area (Å²) in [6.07, 6.45) is 3.59. The highest BCUT2D eigenvalue weighted by molar-refractivity contribution is 7.10. The lowest BCUT2D eigenvalue weighted by Crippen LogP contribution is -2.09. The maximum absolute atomic E-state index is 6.04. The van der Waals surface area contributed by atoms with Gasteiger partial charge in [-0.15, -0.1) is 11.3 Å². The first-order chi connectivity index (χ1) is 5.75. The Kier molecular flexibility index (Phi) is 3.76. The average molecular weight is 183 g/mol. The molecule has 1 aromatic heterocycles. The van der Waals surface area contributed by atoms with Crippen LogP contribution in [-0.4, -0.2) is 0 Å². The van der Waals surface area contributed by atoms with Gasteiger partial charge in [0.2, 0.25) is 0 Å². The second-order valence-electron chi connectivity index (χ2n) is 3.22. The molecule has 0 spiro atoms. The van der Waals surface area contributed by atoms with Crippen molar-refractivity contribution >= 4 is 11.3 Å². The van der Waals surface area contributed by atoms with Gasteiger partial charge >= 0.3 is 0 Å². The van der Waals surface area contributed by atoms with Gasteiger partial charge in [-0.2, -0.15) is 0 Å². The van der Waals surface area contributed by atoms with Crippen LogP contribution in [0.25, 0.3) is 0 Å². The second-order valence-corrected chi connectivity index (χ2v) is 4.16. The van der Waals surface area contributed by atoms with Crippen LogP contribution in [0.2, 0.25) is 0 Å². The molecule has 0 aromatic carbocycles. The average Bonchev–Trinajstić information content (AvgIpc) is 2.47. The van der Waals surface area contributed by atoms with E-state index in [0.717, 1.165) is 6.42 Å². The van der Waals surface area contributed by atoms with Crippen molar-refractivity contribution in [3.05, 3.63) is 21.9 Å². The zero-order chi connectivity index (χ0) is 8.97. The summed E-state index contributed by atoms with van der Waals surface area (Å²) in [6.45, 7) is 4.34. The number of nitrogens with two attached hydrogens (primary N) is 1. The summed E-state index contributed by atoms with van der Waals surface area (Å²) in [4.78, 5) is 1.36. The van der Waals surface area contributed by atoms with E-state index < -0.39 is 0 Å². The molecule has 0 unspecified atom stereocenters. The van der Waals surface area contributed by atoms with Gasteiger partial charge in [-0.1, -0.05) is 19.8 Å². The van der Waals surface area contributed by atoms with Gasteiger partial charge in [0, 0.05) is 10.9 Å². The molecule has 1 nitrogen and oxygen atoms in total. The van der Waals surface area contributed by atoms with Gasteiger partial charge in [-0.25, -0.2) is 0 Å². The van der Waals surface area contributed by atoms with Crippen LogP contribution in [0.1, 0.15) is 42.7 Å². The highest BCUT2D eigenvalue weighted by Crippen LogP contribution is 2.25. The molecule has 0 saturated carbocycles. The molecule has 0 aliphatic rings. The Bertz CT molecular complexity index is 229. The van der Waals surface area contributed by atoms with Gasteiger partial charge < -0.3 is 5.73 Å². The lowest BCUT2D eigenvalue weighted by molar-refractivity contribution is 0.609. The van der Waals surface area contributed by atoms with E-state index in [0.29, 0.717) is 0 Å². The Labute approximate surface area is 78.6 Å². The van der Waals surface area contributed by atoms with Gasteiger partial charge in [0.15, 0.2) is 0 Å². The molecule has 2 heteroatoms. The first kappa shape index (κ1) is 9.75. The third-order valence-corrected chi connectivity index (χ3v) is 3.26. The van der Waals surface area contributed by atoms with Gasteiger partial charge in [0.05, 0.1) is 0 Å². The summed E-state index contributed by atoms with van der Waals surface area (Å²) >= 11 is 1.78. The lowest BCUT2D eigenvalue weighted by Gasteiger charge is -2.09. The molecule has 0 bridgehead atoms. The predicted molar refractivity (Wildman–Crippen MR) is 55.5 cm³/mol. The zero-order valence-electron chi connectivity index (χ0n) is 7.84. The van der Waals surface area contributed by atoms with Gasteiger partial charge in [-0.3, -0.25) is 0 Å². The van der Waals surface area contributed by atoms with Crippen LogP contribution >= 0.6 is 11.3 Å². The summed E-state index contributed by atoms with van der Waals surface area (Å²) in [6, 6.07) is 2.41.